The number of nitrogens with zero attached hydrogens (tertiary/aromatic N) is 4. The lowest BCUT2D eigenvalue weighted by molar-refractivity contribution is -0.136. The molecule has 1 aliphatic carbocycles. The number of hydrogen-bond donors (Lipinski definition) is 2. The monoisotopic (exact) mass is 551 g/mol. The molecule has 2 unspecified atom stereocenters. The number of oxazole rings is 1. The molecule has 2 N–H and O–H groups in total. The van der Waals surface area contributed by atoms with Crippen molar-refractivity contribution in [2.75, 3.05) is 0 Å². The second-order valence-electron chi connectivity index (χ2n) is 10.0. The zero-order valence-corrected chi connectivity index (χ0v) is 21.4. The van der Waals surface area contributed by atoms with Gasteiger partial charge >= 0.3 is 6.18 Å². The molecule has 1 aliphatic rings. The lowest BCUT2D eigenvalue weighted by atomic mass is 9.97. The Morgan fingerprint density at radius 2 is 1.88 bits per heavy atom. The van der Waals surface area contributed by atoms with E-state index in [1.807, 2.05) is 6.07 Å². The highest BCUT2D eigenvalue weighted by Crippen LogP contribution is 2.39. The first-order valence-corrected chi connectivity index (χ1v) is 12.8. The van der Waals surface area contributed by atoms with Crippen molar-refractivity contribution in [1.29, 1.82) is 0 Å². The first kappa shape index (κ1) is 26.1. The van der Waals surface area contributed by atoms with Gasteiger partial charge in [-0.15, -0.1) is 10.2 Å². The van der Waals surface area contributed by atoms with Gasteiger partial charge in [0.1, 0.15) is 23.2 Å². The summed E-state index contributed by atoms with van der Waals surface area (Å²) in [4.78, 5) is 4.42. The second kappa shape index (κ2) is 10.1. The van der Waals surface area contributed by atoms with Crippen LogP contribution in [0.1, 0.15) is 30.4 Å². The Balaban J connectivity index is 1.39. The first-order valence-electron chi connectivity index (χ1n) is 12.8. The molecule has 2 aromatic heterocycles. The molecule has 7 nitrogen and oxygen atoms in total. The number of hydrogen-bond acceptors (Lipinski definition) is 6. The Bertz CT molecular complexity index is 1690. The molecule has 3 aromatic carbocycles. The molecule has 1 saturated carbocycles. The van der Waals surface area contributed by atoms with Crippen LogP contribution >= 0.6 is 0 Å². The third kappa shape index (κ3) is 4.98. The van der Waals surface area contributed by atoms with Gasteiger partial charge in [-0.05, 0) is 72.4 Å². The van der Waals surface area contributed by atoms with E-state index in [-0.39, 0.29) is 29.6 Å². The highest BCUT2D eigenvalue weighted by Gasteiger charge is 2.36. The van der Waals surface area contributed by atoms with Gasteiger partial charge < -0.3 is 19.4 Å². The number of aromatic nitrogens is 4. The summed E-state index contributed by atoms with van der Waals surface area (Å²) in [7, 11) is 1.75. The average Bonchev–Trinajstić information content (AvgIpc) is 3.66. The molecule has 40 heavy (non-hydrogen) atoms. The van der Waals surface area contributed by atoms with Crippen LogP contribution in [0, 0.1) is 5.82 Å². The number of fused-ring (bicyclic) bond motifs is 1. The quantitative estimate of drug-likeness (QED) is 0.247. The number of nitrogens with one attached hydrogen (secondary N) is 1. The minimum absolute atomic E-state index is 0.0287. The highest BCUT2D eigenvalue weighted by molar-refractivity contribution is 5.84. The number of aryl methyl sites for hydroxylation is 1. The molecule has 2 heterocycles. The predicted octanol–water partition coefficient (Wildman–Crippen LogP) is 6.12. The van der Waals surface area contributed by atoms with E-state index in [1.165, 1.54) is 18.5 Å². The molecule has 0 spiro atoms. The van der Waals surface area contributed by atoms with Gasteiger partial charge in [0.25, 0.3) is 0 Å². The molecule has 2 atom stereocenters. The van der Waals surface area contributed by atoms with Crippen LogP contribution in [-0.2, 0) is 19.8 Å². The Kier molecular flexibility index (Phi) is 6.63. The van der Waals surface area contributed by atoms with Crippen LogP contribution < -0.4 is 5.32 Å². The van der Waals surface area contributed by atoms with E-state index in [4.69, 9.17) is 4.42 Å². The molecule has 1 fully saturated rings. The van der Waals surface area contributed by atoms with Crippen molar-refractivity contribution in [1.82, 2.24) is 25.1 Å². The number of halogens is 4. The van der Waals surface area contributed by atoms with Crippen LogP contribution in [-0.4, -0.2) is 37.0 Å². The smallest absolute Gasteiger partial charge is 0.420 e. The largest absolute Gasteiger partial charge is 0.435 e. The van der Waals surface area contributed by atoms with E-state index in [9.17, 15) is 22.7 Å². The van der Waals surface area contributed by atoms with Crippen molar-refractivity contribution < 1.29 is 27.1 Å². The Morgan fingerprint density at radius 3 is 2.60 bits per heavy atom. The molecule has 0 saturated heterocycles. The fourth-order valence-corrected chi connectivity index (χ4v) is 5.25. The summed E-state index contributed by atoms with van der Waals surface area (Å²) >= 11 is 0. The summed E-state index contributed by atoms with van der Waals surface area (Å²) in [6.45, 7) is 0.161. The molecular weight excluding hydrogens is 526 g/mol. The molecule has 0 amide bonds. The third-order valence-corrected chi connectivity index (χ3v) is 7.26. The van der Waals surface area contributed by atoms with Crippen LogP contribution in [0.5, 0.6) is 0 Å². The van der Waals surface area contributed by atoms with Crippen molar-refractivity contribution in [3.8, 4) is 34.0 Å². The first-order chi connectivity index (χ1) is 19.2. The van der Waals surface area contributed by atoms with Crippen molar-refractivity contribution in [3.05, 3.63) is 77.9 Å². The number of alkyl halides is 3. The van der Waals surface area contributed by atoms with Crippen LogP contribution in [0.3, 0.4) is 0 Å². The minimum Gasteiger partial charge on any atom is -0.435 e. The van der Waals surface area contributed by atoms with E-state index < -0.39 is 23.7 Å². The number of aliphatic hydroxyl groups excluding tert-OH is 1. The number of benzene rings is 3. The lowest BCUT2D eigenvalue weighted by Gasteiger charge is -2.17. The second-order valence-corrected chi connectivity index (χ2v) is 10.0. The minimum atomic E-state index is -4.65. The maximum Gasteiger partial charge on any atom is 0.420 e. The van der Waals surface area contributed by atoms with Gasteiger partial charge in [0.2, 0.25) is 5.89 Å². The van der Waals surface area contributed by atoms with E-state index in [0.717, 1.165) is 18.9 Å². The van der Waals surface area contributed by atoms with Crippen LogP contribution in [0.2, 0.25) is 0 Å². The molecule has 0 radical (unpaired) electrons. The lowest BCUT2D eigenvalue weighted by Crippen LogP contribution is -2.35. The molecule has 11 heteroatoms. The molecule has 6 rings (SSSR count). The van der Waals surface area contributed by atoms with Crippen LogP contribution in [0.4, 0.5) is 17.6 Å². The van der Waals surface area contributed by atoms with E-state index in [1.54, 1.807) is 41.9 Å². The fourth-order valence-electron chi connectivity index (χ4n) is 5.25. The van der Waals surface area contributed by atoms with Gasteiger partial charge in [0, 0.05) is 30.8 Å². The number of rotatable bonds is 6. The Morgan fingerprint density at radius 1 is 1.05 bits per heavy atom. The maximum atomic E-state index is 14.2. The van der Waals surface area contributed by atoms with E-state index in [0.29, 0.717) is 40.1 Å². The topological polar surface area (TPSA) is 89.0 Å². The summed E-state index contributed by atoms with van der Waals surface area (Å²) < 4.78 is 63.7. The molecular formula is C29H25F4N5O2. The normalized spacial score (nSPS) is 17.6. The molecule has 0 bridgehead atoms. The van der Waals surface area contributed by atoms with Crippen LogP contribution in [0.25, 0.3) is 45.1 Å². The van der Waals surface area contributed by atoms with Gasteiger partial charge in [0.05, 0.1) is 6.10 Å². The summed E-state index contributed by atoms with van der Waals surface area (Å²) in [5.74, 6) is 0.0492. The zero-order chi connectivity index (χ0) is 28.0. The molecule has 206 valence electrons. The van der Waals surface area contributed by atoms with Gasteiger partial charge in [-0.1, -0.05) is 18.2 Å². The fraction of sp³-hybridized carbons (Fsp3) is 0.276. The predicted molar refractivity (Wildman–Crippen MR) is 140 cm³/mol. The molecule has 0 aliphatic heterocycles. The van der Waals surface area contributed by atoms with Gasteiger partial charge in [0.15, 0.2) is 11.4 Å². The van der Waals surface area contributed by atoms with Crippen molar-refractivity contribution in [2.45, 2.75) is 44.1 Å². The van der Waals surface area contributed by atoms with Gasteiger partial charge in [-0.2, -0.15) is 13.2 Å². The average molecular weight is 552 g/mol. The number of aliphatic hydroxyl groups is 1. The Labute approximate surface area is 226 Å². The van der Waals surface area contributed by atoms with E-state index in [2.05, 4.69) is 20.5 Å². The SMILES string of the molecule is Cn1cnnc1-c1cc(F)ccc1-c1cccc(-c2nc3cc(CNC4CCCC4O)cc(C(F)(F)F)c3o2)c1. The van der Waals surface area contributed by atoms with Crippen molar-refractivity contribution in [2.24, 2.45) is 7.05 Å². The third-order valence-electron chi connectivity index (χ3n) is 7.26. The summed E-state index contributed by atoms with van der Waals surface area (Å²) in [5.41, 5.74) is 1.53. The van der Waals surface area contributed by atoms with Gasteiger partial charge in [-0.3, -0.25) is 0 Å². The zero-order valence-electron chi connectivity index (χ0n) is 21.4. The standard InChI is InChI=1S/C29H25F4N5O2/c1-38-15-35-37-27(38)21-13-19(30)8-9-20(21)17-4-2-5-18(12-17)28-36-24-11-16(14-34-23-6-3-7-25(23)39)10-22(26(24)40-28)29(31,32)33/h2,4-5,8-13,15,23,25,34,39H,3,6-7,14H2,1H3. The Hall–Kier alpha value is -4.09. The highest BCUT2D eigenvalue weighted by atomic mass is 19.4. The molecule has 5 aromatic rings. The summed E-state index contributed by atoms with van der Waals surface area (Å²) in [6, 6.07) is 13.8. The summed E-state index contributed by atoms with van der Waals surface area (Å²) in [6.07, 6.45) is -1.34. The van der Waals surface area contributed by atoms with Crippen molar-refractivity contribution >= 4 is 11.1 Å². The maximum absolute atomic E-state index is 14.2. The van der Waals surface area contributed by atoms with E-state index >= 15 is 0 Å². The summed E-state index contributed by atoms with van der Waals surface area (Å²) in [5, 5.41) is 21.2. The van der Waals surface area contributed by atoms with Gasteiger partial charge in [-0.25, -0.2) is 9.37 Å². The van der Waals surface area contributed by atoms with Crippen LogP contribution in [0.15, 0.2) is 65.3 Å². The van der Waals surface area contributed by atoms with Crippen molar-refractivity contribution in [3.63, 3.8) is 0 Å².